The highest BCUT2D eigenvalue weighted by atomic mass is 19.2. The number of fused-ring (bicyclic) bond motifs is 1. The molecule has 0 saturated heterocycles. The van der Waals surface area contributed by atoms with E-state index in [1.807, 2.05) is 12.1 Å². The Balaban J connectivity index is 0.00000187. The number of rotatable bonds is 8. The molecular weight excluding hydrogens is 482 g/mol. The molecule has 1 saturated carbocycles. The number of nitrogens with one attached hydrogen (secondary N) is 3. The zero-order valence-corrected chi connectivity index (χ0v) is 20.5. The number of methoxy groups -OCH3 is 1. The number of aromatic amines is 1. The second-order valence-electron chi connectivity index (χ2n) is 9.08. The van der Waals surface area contributed by atoms with Crippen molar-refractivity contribution in [1.82, 2.24) is 19.9 Å². The molecule has 1 aliphatic carbocycles. The van der Waals surface area contributed by atoms with Gasteiger partial charge in [-0.05, 0) is 57.3 Å². The van der Waals surface area contributed by atoms with E-state index in [2.05, 4.69) is 44.6 Å². The minimum absolute atomic E-state index is 0. The average Bonchev–Trinajstić information content (AvgIpc) is 2.83. The summed E-state index contributed by atoms with van der Waals surface area (Å²) in [6, 6.07) is 11.0. The fourth-order valence-electron chi connectivity index (χ4n) is 4.13. The van der Waals surface area contributed by atoms with Crippen LogP contribution in [0.2, 0.25) is 0 Å². The van der Waals surface area contributed by atoms with Gasteiger partial charge < -0.3 is 30.0 Å². The molecule has 0 bridgehead atoms. The Bertz CT molecular complexity index is 1520. The van der Waals surface area contributed by atoms with E-state index in [1.54, 1.807) is 19.2 Å². The first kappa shape index (κ1) is 24.4. The van der Waals surface area contributed by atoms with Gasteiger partial charge in [0, 0.05) is 39.7 Å². The normalized spacial score (nSPS) is 16.9. The Morgan fingerprint density at radius 1 is 1.05 bits per heavy atom. The van der Waals surface area contributed by atoms with E-state index in [0.29, 0.717) is 34.4 Å². The van der Waals surface area contributed by atoms with Gasteiger partial charge in [0.25, 0.3) is 5.56 Å². The molecule has 0 aliphatic heterocycles. The number of halogens is 2. The van der Waals surface area contributed by atoms with Crippen LogP contribution < -0.4 is 25.7 Å². The Morgan fingerprint density at radius 2 is 1.84 bits per heavy atom. The molecule has 0 atom stereocenters. The van der Waals surface area contributed by atoms with Crippen LogP contribution in [0.25, 0.3) is 10.9 Å². The van der Waals surface area contributed by atoms with Gasteiger partial charge in [-0.15, -0.1) is 0 Å². The summed E-state index contributed by atoms with van der Waals surface area (Å²) in [5, 5.41) is 6.35. The molecule has 2 heterocycles. The van der Waals surface area contributed by atoms with Crippen LogP contribution >= 0.6 is 0 Å². The van der Waals surface area contributed by atoms with Crippen LogP contribution in [0.15, 0.2) is 53.5 Å². The van der Waals surface area contributed by atoms with E-state index < -0.39 is 17.2 Å². The highest BCUT2D eigenvalue weighted by Gasteiger charge is 2.32. The third kappa shape index (κ3) is 5.31. The topological polar surface area (TPSA) is 104 Å². The molecule has 37 heavy (non-hydrogen) atoms. The molecule has 4 aromatic rings. The number of H-pyrrole nitrogens is 1. The Labute approximate surface area is 215 Å². The van der Waals surface area contributed by atoms with Crippen LogP contribution in [0.4, 0.5) is 31.9 Å². The number of benzene rings is 2. The number of aromatic nitrogens is 3. The summed E-state index contributed by atoms with van der Waals surface area (Å²) in [5.74, 6) is -0.183. The first-order chi connectivity index (χ1) is 17.8. The molecule has 2 aromatic heterocycles. The zero-order chi connectivity index (χ0) is 26.1. The van der Waals surface area contributed by atoms with Gasteiger partial charge in [-0.2, -0.15) is 4.98 Å². The van der Waals surface area contributed by atoms with Gasteiger partial charge in [0.2, 0.25) is 5.95 Å². The second kappa shape index (κ2) is 10.0. The van der Waals surface area contributed by atoms with Gasteiger partial charge in [-0.1, -0.05) is 0 Å². The minimum atomic E-state index is -1.03. The molecular formula is C26H32F2N6O3. The van der Waals surface area contributed by atoms with E-state index >= 15 is 0 Å². The summed E-state index contributed by atoms with van der Waals surface area (Å²) in [5.41, 5.74) is 0.493. The zero-order valence-electron chi connectivity index (χ0n) is 20.5. The maximum atomic E-state index is 13.6. The summed E-state index contributed by atoms with van der Waals surface area (Å²) in [6.45, 7) is 0. The maximum absolute atomic E-state index is 13.6. The predicted octanol–water partition coefficient (Wildman–Crippen LogP) is 5.30. The first-order valence-corrected chi connectivity index (χ1v) is 11.7. The number of anilines is 4. The molecule has 3 N–H and O–H groups in total. The highest BCUT2D eigenvalue weighted by molar-refractivity contribution is 5.82. The smallest absolute Gasteiger partial charge is 0.272 e. The van der Waals surface area contributed by atoms with Gasteiger partial charge in [-0.25, -0.2) is 13.8 Å². The lowest BCUT2D eigenvalue weighted by Gasteiger charge is -2.39. The van der Waals surface area contributed by atoms with Gasteiger partial charge in [0.15, 0.2) is 23.1 Å². The minimum Gasteiger partial charge on any atom is -0.493 e. The molecule has 9 nitrogen and oxygen atoms in total. The van der Waals surface area contributed by atoms with Crippen molar-refractivity contribution in [2.75, 3.05) is 31.8 Å². The molecule has 1 fully saturated rings. The summed E-state index contributed by atoms with van der Waals surface area (Å²) in [7, 11) is 5.72. The average molecular weight is 515 g/mol. The van der Waals surface area contributed by atoms with Crippen molar-refractivity contribution in [3.63, 3.8) is 0 Å². The molecule has 0 amide bonds. The quantitative estimate of drug-likeness (QED) is 0.291. The first-order valence-electron chi connectivity index (χ1n) is 11.7. The van der Waals surface area contributed by atoms with Crippen molar-refractivity contribution >= 4 is 34.0 Å². The van der Waals surface area contributed by atoms with Crippen molar-refractivity contribution in [2.24, 2.45) is 0 Å². The van der Waals surface area contributed by atoms with E-state index in [4.69, 9.17) is 9.47 Å². The van der Waals surface area contributed by atoms with Gasteiger partial charge in [0.1, 0.15) is 17.6 Å². The monoisotopic (exact) mass is 514 g/mol. The van der Waals surface area contributed by atoms with Crippen molar-refractivity contribution < 1.29 is 22.5 Å². The summed E-state index contributed by atoms with van der Waals surface area (Å²) in [4.78, 5) is 25.8. The number of nitrogens with zero attached hydrogens (tertiary/aromatic N) is 3. The SMILES string of the molecule is COc1cc(Nc2nccc(Nc3cc4cc(F)c(F)cc4[nH]c3=O)n2)ccc1OC1CC(N(C)C)C1.[HH].[HH].[HH]. The molecule has 11 heteroatoms. The maximum Gasteiger partial charge on any atom is 0.272 e. The Morgan fingerprint density at radius 3 is 2.59 bits per heavy atom. The van der Waals surface area contributed by atoms with E-state index in [0.717, 1.165) is 25.0 Å². The fraction of sp³-hybridized carbons (Fsp3) is 0.269. The molecule has 5 rings (SSSR count). The molecule has 198 valence electrons. The molecule has 0 spiro atoms. The standard InChI is InChI=1S/C26H26F2N6O3.3H2/c1-34(2)16-11-17(12-16)37-22-5-4-15(10-23(22)36-3)30-26-29-7-6-24(33-26)31-21-9-14-8-18(27)19(28)13-20(14)32-25(21)35;;;/h4-10,13,16-17H,11-12H2,1-3H3,(H,32,35)(H2,29,30,31,33);3*1H. The van der Waals surface area contributed by atoms with Crippen LogP contribution in [0.3, 0.4) is 0 Å². The van der Waals surface area contributed by atoms with Gasteiger partial charge >= 0.3 is 0 Å². The molecule has 0 radical (unpaired) electrons. The molecule has 2 aromatic carbocycles. The Kier molecular flexibility index (Phi) is 6.62. The highest BCUT2D eigenvalue weighted by Crippen LogP contribution is 2.36. The number of pyridine rings is 1. The predicted molar refractivity (Wildman–Crippen MR) is 144 cm³/mol. The fourth-order valence-corrected chi connectivity index (χ4v) is 4.13. The van der Waals surface area contributed by atoms with Crippen LogP contribution in [0.1, 0.15) is 17.1 Å². The van der Waals surface area contributed by atoms with E-state index in [9.17, 15) is 13.6 Å². The van der Waals surface area contributed by atoms with Crippen LogP contribution in [0, 0.1) is 11.6 Å². The third-order valence-electron chi connectivity index (χ3n) is 6.32. The second-order valence-corrected chi connectivity index (χ2v) is 9.08. The van der Waals surface area contributed by atoms with Gasteiger partial charge in [0.05, 0.1) is 12.6 Å². The number of hydrogen-bond acceptors (Lipinski definition) is 8. The van der Waals surface area contributed by atoms with Crippen molar-refractivity contribution in [2.45, 2.75) is 25.0 Å². The summed E-state index contributed by atoms with van der Waals surface area (Å²) >= 11 is 0. The van der Waals surface area contributed by atoms with Crippen molar-refractivity contribution in [1.29, 1.82) is 0 Å². The molecule has 0 unspecified atom stereocenters. The van der Waals surface area contributed by atoms with Gasteiger partial charge in [-0.3, -0.25) is 4.79 Å². The number of hydrogen-bond donors (Lipinski definition) is 3. The lowest BCUT2D eigenvalue weighted by atomic mass is 9.88. The lowest BCUT2D eigenvalue weighted by molar-refractivity contribution is 0.0383. The Hall–Kier alpha value is -4.25. The van der Waals surface area contributed by atoms with Crippen LogP contribution in [-0.4, -0.2) is 53.2 Å². The largest absolute Gasteiger partial charge is 0.493 e. The number of ether oxygens (including phenoxy) is 2. The van der Waals surface area contributed by atoms with E-state index in [1.165, 1.54) is 12.3 Å². The third-order valence-corrected chi connectivity index (χ3v) is 6.32. The summed E-state index contributed by atoms with van der Waals surface area (Å²) < 4.78 is 38.7. The lowest BCUT2D eigenvalue weighted by Crippen LogP contribution is -2.46. The van der Waals surface area contributed by atoms with Crippen LogP contribution in [-0.2, 0) is 0 Å². The summed E-state index contributed by atoms with van der Waals surface area (Å²) in [6.07, 6.45) is 3.61. The molecule has 1 aliphatic rings. The van der Waals surface area contributed by atoms with Crippen molar-refractivity contribution in [3.8, 4) is 11.5 Å². The van der Waals surface area contributed by atoms with Crippen molar-refractivity contribution in [3.05, 3.63) is 70.6 Å². The van der Waals surface area contributed by atoms with Crippen LogP contribution in [0.5, 0.6) is 11.5 Å². The van der Waals surface area contributed by atoms with E-state index in [-0.39, 0.29) is 27.5 Å².